The first-order valence-electron chi connectivity index (χ1n) is 9.58. The van der Waals surface area contributed by atoms with E-state index in [9.17, 15) is 0 Å². The number of ether oxygens (including phenoxy) is 1. The van der Waals surface area contributed by atoms with Crippen molar-refractivity contribution in [2.24, 2.45) is 5.92 Å². The highest BCUT2D eigenvalue weighted by molar-refractivity contribution is 5.79. The van der Waals surface area contributed by atoms with Crippen LogP contribution in [0.5, 0.6) is 5.75 Å². The highest BCUT2D eigenvalue weighted by Gasteiger charge is 2.21. The minimum Gasteiger partial charge on any atom is -0.497 e. The Balaban J connectivity index is 1.33. The Morgan fingerprint density at radius 1 is 1.30 bits per heavy atom. The van der Waals surface area contributed by atoms with E-state index in [1.807, 2.05) is 24.4 Å². The first-order chi connectivity index (χ1) is 13.3. The number of benzene rings is 1. The molecule has 7 nitrogen and oxygen atoms in total. The van der Waals surface area contributed by atoms with Gasteiger partial charge in [0.25, 0.3) is 0 Å². The first-order valence-corrected chi connectivity index (χ1v) is 9.58. The van der Waals surface area contributed by atoms with Gasteiger partial charge in [-0.2, -0.15) is 0 Å². The normalized spacial score (nSPS) is 15.3. The fraction of sp³-hybridized carbons (Fsp3) is 0.450. The number of nitrogens with zero attached hydrogens (tertiary/aromatic N) is 4. The fourth-order valence-electron chi connectivity index (χ4n) is 3.68. The van der Waals surface area contributed by atoms with E-state index in [4.69, 9.17) is 4.74 Å². The summed E-state index contributed by atoms with van der Waals surface area (Å²) in [5.74, 6) is 3.40. The zero-order chi connectivity index (χ0) is 18.6. The number of aryl methyl sites for hydroxylation is 1. The Bertz CT molecular complexity index is 900. The maximum atomic E-state index is 5.27. The van der Waals surface area contributed by atoms with E-state index in [-0.39, 0.29) is 0 Å². The molecule has 0 bridgehead atoms. The molecule has 1 aliphatic rings. The van der Waals surface area contributed by atoms with E-state index in [0.29, 0.717) is 5.92 Å². The van der Waals surface area contributed by atoms with Crippen molar-refractivity contribution in [3.8, 4) is 5.75 Å². The van der Waals surface area contributed by atoms with Crippen LogP contribution in [0.4, 0.5) is 11.8 Å². The maximum Gasteiger partial charge on any atom is 0.201 e. The predicted octanol–water partition coefficient (Wildman–Crippen LogP) is 3.25. The summed E-state index contributed by atoms with van der Waals surface area (Å²) in [6.07, 6.45) is 6.85. The second-order valence-corrected chi connectivity index (χ2v) is 7.00. The van der Waals surface area contributed by atoms with E-state index in [1.54, 1.807) is 13.4 Å². The quantitative estimate of drug-likeness (QED) is 0.697. The third-order valence-corrected chi connectivity index (χ3v) is 5.31. The molecule has 1 saturated heterocycles. The predicted molar refractivity (Wildman–Crippen MR) is 107 cm³/mol. The van der Waals surface area contributed by atoms with E-state index >= 15 is 0 Å². The molecule has 1 aliphatic heterocycles. The number of nitrogens with one attached hydrogen (secondary N) is 2. The molecule has 0 atom stereocenters. The molecule has 0 aliphatic carbocycles. The van der Waals surface area contributed by atoms with Gasteiger partial charge in [-0.1, -0.05) is 6.92 Å². The van der Waals surface area contributed by atoms with E-state index in [1.165, 1.54) is 5.56 Å². The molecule has 3 heterocycles. The van der Waals surface area contributed by atoms with Gasteiger partial charge < -0.3 is 19.9 Å². The number of aromatic amines is 1. The molecule has 142 valence electrons. The van der Waals surface area contributed by atoms with Crippen LogP contribution in [0, 0.1) is 5.92 Å². The van der Waals surface area contributed by atoms with Gasteiger partial charge in [0.05, 0.1) is 18.1 Å². The standard InChI is InChI=1S/C20H26N6O/c1-3-15-12-21-13-23-19(15)26-8-6-14(7-9-26)11-22-20-24-17-5-4-16(27-2)10-18(17)25-20/h4-5,10,12-14H,3,6-9,11H2,1-2H3,(H2,22,24,25). The van der Waals surface area contributed by atoms with Crippen LogP contribution in [0.3, 0.4) is 0 Å². The molecule has 0 amide bonds. The summed E-state index contributed by atoms with van der Waals surface area (Å²) in [5.41, 5.74) is 3.17. The summed E-state index contributed by atoms with van der Waals surface area (Å²) in [6, 6.07) is 5.88. The van der Waals surface area contributed by atoms with Gasteiger partial charge >= 0.3 is 0 Å². The number of anilines is 2. The minimum atomic E-state index is 0.635. The second kappa shape index (κ2) is 7.82. The number of aromatic nitrogens is 4. The largest absolute Gasteiger partial charge is 0.497 e. The number of hydrogen-bond donors (Lipinski definition) is 2. The van der Waals surface area contributed by atoms with E-state index in [2.05, 4.69) is 37.1 Å². The van der Waals surface area contributed by atoms with Crippen molar-refractivity contribution in [3.05, 3.63) is 36.3 Å². The first kappa shape index (κ1) is 17.6. The number of H-pyrrole nitrogens is 1. The van der Waals surface area contributed by atoms with Gasteiger partial charge in [0.15, 0.2) is 0 Å². The van der Waals surface area contributed by atoms with Gasteiger partial charge in [-0.15, -0.1) is 0 Å². The molecule has 0 radical (unpaired) electrons. The smallest absolute Gasteiger partial charge is 0.201 e. The van der Waals surface area contributed by atoms with Gasteiger partial charge in [0.2, 0.25) is 5.95 Å². The number of imidazole rings is 1. The topological polar surface area (TPSA) is 79.0 Å². The molecule has 0 spiro atoms. The second-order valence-electron chi connectivity index (χ2n) is 7.00. The zero-order valence-corrected chi connectivity index (χ0v) is 15.9. The van der Waals surface area contributed by atoms with Crippen LogP contribution >= 0.6 is 0 Å². The molecular formula is C20H26N6O. The summed E-state index contributed by atoms with van der Waals surface area (Å²) in [5, 5.41) is 3.47. The van der Waals surface area contributed by atoms with Crippen molar-refractivity contribution in [1.82, 2.24) is 19.9 Å². The number of rotatable bonds is 6. The van der Waals surface area contributed by atoms with Gasteiger partial charge in [0.1, 0.15) is 17.9 Å². The average Bonchev–Trinajstić information content (AvgIpc) is 3.14. The third kappa shape index (κ3) is 3.82. The number of methoxy groups -OCH3 is 1. The Kier molecular flexibility index (Phi) is 5.09. The van der Waals surface area contributed by atoms with Crippen LogP contribution < -0.4 is 15.0 Å². The molecule has 2 N–H and O–H groups in total. The summed E-state index contributed by atoms with van der Waals surface area (Å²) < 4.78 is 5.27. The lowest BCUT2D eigenvalue weighted by molar-refractivity contribution is 0.415. The molecule has 1 fully saturated rings. The van der Waals surface area contributed by atoms with Crippen LogP contribution in [0.25, 0.3) is 11.0 Å². The van der Waals surface area contributed by atoms with Crippen LogP contribution in [0.2, 0.25) is 0 Å². The van der Waals surface area contributed by atoms with Crippen molar-refractivity contribution < 1.29 is 4.74 Å². The molecule has 2 aromatic heterocycles. The van der Waals surface area contributed by atoms with Crippen LogP contribution in [0.1, 0.15) is 25.3 Å². The van der Waals surface area contributed by atoms with Crippen molar-refractivity contribution >= 4 is 22.8 Å². The Hall–Kier alpha value is -2.83. The summed E-state index contributed by atoms with van der Waals surface area (Å²) in [6.45, 7) is 5.15. The average molecular weight is 366 g/mol. The summed E-state index contributed by atoms with van der Waals surface area (Å²) >= 11 is 0. The van der Waals surface area contributed by atoms with E-state index in [0.717, 1.165) is 67.4 Å². The molecule has 1 aromatic carbocycles. The Morgan fingerprint density at radius 3 is 2.93 bits per heavy atom. The van der Waals surface area contributed by atoms with Gasteiger partial charge in [-0.3, -0.25) is 0 Å². The number of hydrogen-bond acceptors (Lipinski definition) is 6. The van der Waals surface area contributed by atoms with Crippen molar-refractivity contribution in [1.29, 1.82) is 0 Å². The molecular weight excluding hydrogens is 340 g/mol. The van der Waals surface area contributed by atoms with E-state index < -0.39 is 0 Å². The molecule has 27 heavy (non-hydrogen) atoms. The third-order valence-electron chi connectivity index (χ3n) is 5.31. The fourth-order valence-corrected chi connectivity index (χ4v) is 3.68. The molecule has 0 unspecified atom stereocenters. The van der Waals surface area contributed by atoms with Crippen molar-refractivity contribution in [2.75, 3.05) is 37.0 Å². The molecule has 0 saturated carbocycles. The lowest BCUT2D eigenvalue weighted by Gasteiger charge is -2.33. The van der Waals surface area contributed by atoms with Gasteiger partial charge in [-0.25, -0.2) is 15.0 Å². The number of piperidine rings is 1. The van der Waals surface area contributed by atoms with Crippen LogP contribution in [0.15, 0.2) is 30.7 Å². The highest BCUT2D eigenvalue weighted by atomic mass is 16.5. The van der Waals surface area contributed by atoms with Crippen molar-refractivity contribution in [3.63, 3.8) is 0 Å². The van der Waals surface area contributed by atoms with Crippen molar-refractivity contribution in [2.45, 2.75) is 26.2 Å². The van der Waals surface area contributed by atoms with Gasteiger partial charge in [-0.05, 0) is 37.3 Å². The lowest BCUT2D eigenvalue weighted by Crippen LogP contribution is -2.37. The minimum absolute atomic E-state index is 0.635. The number of fused-ring (bicyclic) bond motifs is 1. The Labute approximate surface area is 159 Å². The zero-order valence-electron chi connectivity index (χ0n) is 15.9. The molecule has 3 aromatic rings. The summed E-state index contributed by atoms with van der Waals surface area (Å²) in [7, 11) is 1.67. The summed E-state index contributed by atoms with van der Waals surface area (Å²) in [4.78, 5) is 19.0. The highest BCUT2D eigenvalue weighted by Crippen LogP contribution is 2.25. The molecule has 4 rings (SSSR count). The monoisotopic (exact) mass is 366 g/mol. The lowest BCUT2D eigenvalue weighted by atomic mass is 9.96. The Morgan fingerprint density at radius 2 is 2.15 bits per heavy atom. The van der Waals surface area contributed by atoms with Crippen LogP contribution in [-0.2, 0) is 6.42 Å². The SMILES string of the molecule is CCc1cncnc1N1CCC(CNc2nc3ccc(OC)cc3[nH]2)CC1. The molecule has 7 heteroatoms. The van der Waals surface area contributed by atoms with Gasteiger partial charge in [0, 0.05) is 37.5 Å². The van der Waals surface area contributed by atoms with Crippen LogP contribution in [-0.4, -0.2) is 46.7 Å². The maximum absolute atomic E-state index is 5.27.